The van der Waals surface area contributed by atoms with E-state index < -0.39 is 5.91 Å². The van der Waals surface area contributed by atoms with Crippen LogP contribution in [0.2, 0.25) is 0 Å². The van der Waals surface area contributed by atoms with Gasteiger partial charge in [-0.25, -0.2) is 0 Å². The molecule has 0 atom stereocenters. The number of hydrogen-bond donors (Lipinski definition) is 0. The molecule has 0 aromatic rings. The van der Waals surface area contributed by atoms with Gasteiger partial charge >= 0.3 is 0 Å². The molecule has 0 saturated heterocycles. The first kappa shape index (κ1) is 8.14. The average Bonchev–Trinajstić information content (AvgIpc) is 1.63. The van der Waals surface area contributed by atoms with Gasteiger partial charge in [0.1, 0.15) is 5.78 Å². The van der Waals surface area contributed by atoms with Crippen molar-refractivity contribution in [2.45, 2.75) is 26.2 Å². The van der Waals surface area contributed by atoms with Crippen molar-refractivity contribution in [3.63, 3.8) is 0 Å². The highest BCUT2D eigenvalue weighted by Gasteiger charge is 2.03. The van der Waals surface area contributed by atoms with Crippen LogP contribution < -0.4 is 5.73 Å². The van der Waals surface area contributed by atoms with Crippen molar-refractivity contribution < 1.29 is 9.59 Å². The summed E-state index contributed by atoms with van der Waals surface area (Å²) in [5.41, 5.74) is 6.43. The number of hydrogen-bond acceptors (Lipinski definition) is 2. The third kappa shape index (κ3) is 5.00. The zero-order valence-electron chi connectivity index (χ0n) is 5.44. The second-order valence-electron chi connectivity index (χ2n) is 1.89. The largest absolute Gasteiger partial charge is 0.299 e. The first-order valence-electron chi connectivity index (χ1n) is 2.93. The van der Waals surface area contributed by atoms with Crippen molar-refractivity contribution in [3.05, 3.63) is 0 Å². The molecule has 0 spiro atoms. The van der Waals surface area contributed by atoms with E-state index in [4.69, 9.17) is 5.73 Å². The van der Waals surface area contributed by atoms with Gasteiger partial charge < -0.3 is 0 Å². The highest BCUT2D eigenvalue weighted by molar-refractivity contribution is 5.96. The highest BCUT2D eigenvalue weighted by Crippen LogP contribution is 1.92. The maximum absolute atomic E-state index is 10.5. The van der Waals surface area contributed by atoms with Gasteiger partial charge in [-0.3, -0.25) is 15.3 Å². The predicted molar refractivity (Wildman–Crippen MR) is 32.6 cm³/mol. The van der Waals surface area contributed by atoms with Crippen LogP contribution in [0.1, 0.15) is 26.2 Å². The lowest BCUT2D eigenvalue weighted by Gasteiger charge is -1.90. The van der Waals surface area contributed by atoms with Crippen molar-refractivity contribution in [2.24, 2.45) is 0 Å². The molecule has 0 aliphatic heterocycles. The van der Waals surface area contributed by atoms with Crippen LogP contribution in [-0.4, -0.2) is 11.7 Å². The molecule has 1 radical (unpaired) electrons. The van der Waals surface area contributed by atoms with Crippen LogP contribution in [0.3, 0.4) is 0 Å². The summed E-state index contributed by atoms with van der Waals surface area (Å²) >= 11 is 0. The van der Waals surface area contributed by atoms with E-state index >= 15 is 0 Å². The Morgan fingerprint density at radius 2 is 2.00 bits per heavy atom. The lowest BCUT2D eigenvalue weighted by atomic mass is 10.2. The maximum Gasteiger partial charge on any atom is 0.245 e. The van der Waals surface area contributed by atoms with Crippen molar-refractivity contribution in [3.8, 4) is 0 Å². The Bertz CT molecular complexity index is 120. The van der Waals surface area contributed by atoms with E-state index in [1.807, 2.05) is 6.92 Å². The average molecular weight is 128 g/mol. The molecule has 0 bridgehead atoms. The summed E-state index contributed by atoms with van der Waals surface area (Å²) in [5, 5.41) is 0. The monoisotopic (exact) mass is 128 g/mol. The van der Waals surface area contributed by atoms with Crippen LogP contribution in [0.25, 0.3) is 0 Å². The summed E-state index contributed by atoms with van der Waals surface area (Å²) in [5.74, 6) is -0.911. The Balaban J connectivity index is 3.39. The van der Waals surface area contributed by atoms with Crippen LogP contribution in [0.15, 0.2) is 0 Å². The van der Waals surface area contributed by atoms with Crippen molar-refractivity contribution >= 4 is 11.7 Å². The molecule has 3 heteroatoms. The number of carbonyl (C=O) groups excluding carboxylic acids is 2. The minimum atomic E-state index is -0.784. The van der Waals surface area contributed by atoms with Gasteiger partial charge in [0.25, 0.3) is 0 Å². The second-order valence-corrected chi connectivity index (χ2v) is 1.89. The molecule has 1 amide bonds. The molecule has 0 aromatic heterocycles. The molecule has 51 valence electrons. The molecule has 0 rings (SSSR count). The number of Topliss-reactive ketones (excluding diaryl/α,β-unsaturated/α-hetero) is 1. The predicted octanol–water partition coefficient (Wildman–Crippen LogP) is 0.555. The van der Waals surface area contributed by atoms with Crippen LogP contribution in [-0.2, 0) is 9.59 Å². The van der Waals surface area contributed by atoms with E-state index in [1.165, 1.54) is 0 Å². The van der Waals surface area contributed by atoms with Crippen molar-refractivity contribution in [2.75, 3.05) is 0 Å². The van der Waals surface area contributed by atoms with E-state index in [2.05, 4.69) is 0 Å². The van der Waals surface area contributed by atoms with Gasteiger partial charge in [0, 0.05) is 6.42 Å². The molecule has 0 heterocycles. The van der Waals surface area contributed by atoms with E-state index in [0.717, 1.165) is 6.42 Å². The third-order valence-electron chi connectivity index (χ3n) is 0.887. The number of amides is 1. The Hall–Kier alpha value is -0.860. The lowest BCUT2D eigenvalue weighted by molar-refractivity contribution is -0.126. The highest BCUT2D eigenvalue weighted by atomic mass is 16.2. The maximum atomic E-state index is 10.5. The molecular weight excluding hydrogens is 118 g/mol. The molecule has 9 heavy (non-hydrogen) atoms. The van der Waals surface area contributed by atoms with Crippen molar-refractivity contribution in [1.29, 1.82) is 0 Å². The molecule has 0 aliphatic carbocycles. The summed E-state index contributed by atoms with van der Waals surface area (Å²) in [6.45, 7) is 1.87. The van der Waals surface area contributed by atoms with E-state index in [0.29, 0.717) is 6.42 Å². The second kappa shape index (κ2) is 4.06. The summed E-state index contributed by atoms with van der Waals surface area (Å²) in [6, 6.07) is 0. The van der Waals surface area contributed by atoms with Gasteiger partial charge in [-0.1, -0.05) is 6.92 Å². The third-order valence-corrected chi connectivity index (χ3v) is 0.887. The minimum Gasteiger partial charge on any atom is -0.299 e. The zero-order chi connectivity index (χ0) is 7.28. The van der Waals surface area contributed by atoms with Crippen molar-refractivity contribution in [1.82, 2.24) is 5.73 Å². The van der Waals surface area contributed by atoms with Gasteiger partial charge in [-0.05, 0) is 6.42 Å². The summed E-state index contributed by atoms with van der Waals surface area (Å²) < 4.78 is 0. The molecule has 0 aliphatic rings. The molecular formula is C6H10NO2. The van der Waals surface area contributed by atoms with E-state index in [9.17, 15) is 9.59 Å². The standard InChI is InChI=1S/C6H10NO2/c1-2-3-5(8)4-6(7)9/h7H,2-4H2,1H3. The fourth-order valence-corrected chi connectivity index (χ4v) is 0.546. The van der Waals surface area contributed by atoms with Gasteiger partial charge in [0.2, 0.25) is 5.91 Å². The fourth-order valence-electron chi connectivity index (χ4n) is 0.546. The number of ketones is 1. The number of carbonyl (C=O) groups is 2. The smallest absolute Gasteiger partial charge is 0.245 e. The van der Waals surface area contributed by atoms with E-state index in [1.54, 1.807) is 0 Å². The van der Waals surface area contributed by atoms with Gasteiger partial charge in [0.15, 0.2) is 0 Å². The van der Waals surface area contributed by atoms with Crippen LogP contribution in [0.4, 0.5) is 0 Å². The molecule has 0 unspecified atom stereocenters. The van der Waals surface area contributed by atoms with Crippen LogP contribution in [0.5, 0.6) is 0 Å². The summed E-state index contributed by atoms with van der Waals surface area (Å²) in [7, 11) is 0. The summed E-state index contributed by atoms with van der Waals surface area (Å²) in [6.07, 6.45) is 0.963. The van der Waals surface area contributed by atoms with Crippen LogP contribution in [0, 0.1) is 0 Å². The SMILES string of the molecule is CCCC(=O)CC([NH])=O. The Morgan fingerprint density at radius 1 is 1.44 bits per heavy atom. The Kier molecular flexibility index (Phi) is 3.67. The van der Waals surface area contributed by atoms with E-state index in [-0.39, 0.29) is 12.2 Å². The normalized spacial score (nSPS) is 9.00. The first-order chi connectivity index (χ1) is 4.16. The Labute approximate surface area is 54.2 Å². The number of nitrogens with one attached hydrogen (secondary N) is 1. The van der Waals surface area contributed by atoms with Gasteiger partial charge in [0.05, 0.1) is 6.42 Å². The molecule has 0 aromatic carbocycles. The topological polar surface area (TPSA) is 57.9 Å². The van der Waals surface area contributed by atoms with Gasteiger partial charge in [-0.2, -0.15) is 0 Å². The van der Waals surface area contributed by atoms with Gasteiger partial charge in [-0.15, -0.1) is 0 Å². The summed E-state index contributed by atoms with van der Waals surface area (Å²) in [4.78, 5) is 20.5. The lowest BCUT2D eigenvalue weighted by Crippen LogP contribution is -2.06. The molecule has 0 fully saturated rings. The fraction of sp³-hybridized carbons (Fsp3) is 0.667. The zero-order valence-corrected chi connectivity index (χ0v) is 5.44. The molecule has 0 saturated carbocycles. The minimum absolute atomic E-state index is 0.127. The Morgan fingerprint density at radius 3 is 2.33 bits per heavy atom. The van der Waals surface area contributed by atoms with Crippen LogP contribution >= 0.6 is 0 Å². The number of rotatable bonds is 4. The first-order valence-corrected chi connectivity index (χ1v) is 2.93. The molecule has 1 N–H and O–H groups in total. The quantitative estimate of drug-likeness (QED) is 0.519. The molecule has 3 nitrogen and oxygen atoms in total.